The molecule has 0 heterocycles. The highest BCUT2D eigenvalue weighted by Gasteiger charge is 2.18. The monoisotopic (exact) mass is 431 g/mol. The van der Waals surface area contributed by atoms with Gasteiger partial charge in [0.15, 0.2) is 5.78 Å². The van der Waals surface area contributed by atoms with E-state index in [2.05, 4.69) is 5.32 Å². The molecule has 0 aliphatic carbocycles. The van der Waals surface area contributed by atoms with Gasteiger partial charge in [0.05, 0.1) is 17.2 Å². The molecule has 0 radical (unpaired) electrons. The van der Waals surface area contributed by atoms with Gasteiger partial charge in [-0.3, -0.25) is 4.79 Å². The lowest BCUT2D eigenvalue weighted by molar-refractivity contribution is 0.103. The third-order valence-corrected chi connectivity index (χ3v) is 4.75. The van der Waals surface area contributed by atoms with E-state index >= 15 is 0 Å². The number of benzene rings is 3. The van der Waals surface area contributed by atoms with Crippen molar-refractivity contribution in [3.05, 3.63) is 87.9 Å². The lowest BCUT2D eigenvalue weighted by Crippen LogP contribution is -2.07. The Morgan fingerprint density at radius 1 is 1.07 bits per heavy atom. The molecule has 3 aromatic rings. The van der Waals surface area contributed by atoms with E-state index in [1.165, 1.54) is 30.3 Å². The van der Waals surface area contributed by atoms with Gasteiger partial charge in [0.25, 0.3) is 0 Å². The molecule has 0 amide bonds. The van der Waals surface area contributed by atoms with Crippen molar-refractivity contribution in [2.45, 2.75) is 13.3 Å². The predicted molar refractivity (Wildman–Crippen MR) is 113 cm³/mol. The van der Waals surface area contributed by atoms with E-state index in [1.807, 2.05) is 0 Å². The van der Waals surface area contributed by atoms with Crippen LogP contribution in [-0.2, 0) is 0 Å². The lowest BCUT2D eigenvalue weighted by atomic mass is 10.0. The number of carbonyl (C=O) groups is 1. The molecule has 0 aliphatic rings. The zero-order valence-electron chi connectivity index (χ0n) is 16.2. The fourth-order valence-electron chi connectivity index (χ4n) is 2.87. The lowest BCUT2D eigenvalue weighted by Gasteiger charge is -2.12. The summed E-state index contributed by atoms with van der Waals surface area (Å²) >= 11 is 6.30. The predicted octanol–water partition coefficient (Wildman–Crippen LogP) is 5.66. The van der Waals surface area contributed by atoms with E-state index in [1.54, 1.807) is 25.1 Å². The van der Waals surface area contributed by atoms with Gasteiger partial charge in [-0.25, -0.2) is 8.78 Å². The van der Waals surface area contributed by atoms with Gasteiger partial charge in [-0.05, 0) is 67.1 Å². The number of rotatable bonds is 8. The first-order valence-electron chi connectivity index (χ1n) is 9.29. The molecule has 0 spiro atoms. The molecule has 0 fully saturated rings. The molecule has 0 saturated heterocycles. The van der Waals surface area contributed by atoms with Gasteiger partial charge >= 0.3 is 0 Å². The van der Waals surface area contributed by atoms with Crippen LogP contribution in [0.15, 0.2) is 54.6 Å². The summed E-state index contributed by atoms with van der Waals surface area (Å²) in [4.78, 5) is 12.8. The Morgan fingerprint density at radius 2 is 1.87 bits per heavy atom. The molecule has 0 atom stereocenters. The second-order valence-electron chi connectivity index (χ2n) is 6.68. The van der Waals surface area contributed by atoms with E-state index in [9.17, 15) is 13.6 Å². The molecule has 156 valence electrons. The van der Waals surface area contributed by atoms with Crippen molar-refractivity contribution in [3.63, 3.8) is 0 Å². The Kier molecular flexibility index (Phi) is 7.03. The number of nitrogens with one attached hydrogen (secondary N) is 1. The third kappa shape index (κ3) is 5.14. The number of ether oxygens (including phenoxy) is 1. The van der Waals surface area contributed by atoms with Gasteiger partial charge in [0.1, 0.15) is 17.4 Å². The Labute approximate surface area is 178 Å². The molecular formula is C23H20ClF2NO3. The minimum Gasteiger partial charge on any atom is -0.493 e. The van der Waals surface area contributed by atoms with Crippen LogP contribution in [0.1, 0.15) is 27.9 Å². The summed E-state index contributed by atoms with van der Waals surface area (Å²) in [6.45, 7) is 1.99. The molecule has 0 saturated carbocycles. The third-order valence-electron chi connectivity index (χ3n) is 4.43. The van der Waals surface area contributed by atoms with Crippen LogP contribution in [-0.4, -0.2) is 24.1 Å². The molecule has 7 heteroatoms. The van der Waals surface area contributed by atoms with Gasteiger partial charge in [0, 0.05) is 30.0 Å². The quantitative estimate of drug-likeness (QED) is 0.357. The van der Waals surface area contributed by atoms with Gasteiger partial charge in [-0.2, -0.15) is 0 Å². The second-order valence-corrected chi connectivity index (χ2v) is 7.08. The van der Waals surface area contributed by atoms with Gasteiger partial charge < -0.3 is 15.2 Å². The van der Waals surface area contributed by atoms with E-state index in [4.69, 9.17) is 21.4 Å². The van der Waals surface area contributed by atoms with Crippen LogP contribution < -0.4 is 10.1 Å². The zero-order chi connectivity index (χ0) is 21.7. The molecule has 4 nitrogen and oxygen atoms in total. The minimum absolute atomic E-state index is 0.0274. The fraction of sp³-hybridized carbons (Fsp3) is 0.174. The van der Waals surface area contributed by atoms with E-state index in [0.717, 1.165) is 6.07 Å². The molecule has 30 heavy (non-hydrogen) atoms. The Morgan fingerprint density at radius 3 is 2.57 bits per heavy atom. The first-order chi connectivity index (χ1) is 14.4. The number of hydrogen-bond donors (Lipinski definition) is 2. The Balaban J connectivity index is 1.82. The van der Waals surface area contributed by atoms with Gasteiger partial charge in [-0.15, -0.1) is 0 Å². The standard InChI is InChI=1S/C23H20ClF2NO3/c1-14-11-15(25)3-8-22(14)27-16-4-6-18(20(24)12-16)23(29)19-13-17(5-7-21(19)26)30-10-2-9-28/h3-8,11-13,27-28H,2,9-10H2,1H3. The normalized spacial score (nSPS) is 10.7. The van der Waals surface area contributed by atoms with Crippen LogP contribution in [0.4, 0.5) is 20.2 Å². The maximum absolute atomic E-state index is 14.3. The second kappa shape index (κ2) is 9.69. The highest BCUT2D eigenvalue weighted by atomic mass is 35.5. The summed E-state index contributed by atoms with van der Waals surface area (Å²) in [5.41, 5.74) is 2.00. The van der Waals surface area contributed by atoms with Crippen LogP contribution in [0.2, 0.25) is 5.02 Å². The first kappa shape index (κ1) is 21.7. The van der Waals surface area contributed by atoms with Crippen molar-refractivity contribution in [2.75, 3.05) is 18.5 Å². The van der Waals surface area contributed by atoms with Crippen molar-refractivity contribution in [1.29, 1.82) is 0 Å². The minimum atomic E-state index is -0.685. The largest absolute Gasteiger partial charge is 0.493 e. The Bertz CT molecular complexity index is 1070. The SMILES string of the molecule is Cc1cc(F)ccc1Nc1ccc(C(=O)c2cc(OCCCO)ccc2F)c(Cl)c1. The summed E-state index contributed by atoms with van der Waals surface area (Å²) in [6, 6.07) is 12.9. The van der Waals surface area contributed by atoms with Crippen molar-refractivity contribution in [1.82, 2.24) is 0 Å². The molecule has 0 unspecified atom stereocenters. The van der Waals surface area contributed by atoms with Gasteiger partial charge in [-0.1, -0.05) is 11.6 Å². The van der Waals surface area contributed by atoms with Crippen molar-refractivity contribution in [2.24, 2.45) is 0 Å². The zero-order valence-corrected chi connectivity index (χ0v) is 17.0. The summed E-state index contributed by atoms with van der Waals surface area (Å²) in [5.74, 6) is -1.26. The van der Waals surface area contributed by atoms with Gasteiger partial charge in [0.2, 0.25) is 0 Å². The summed E-state index contributed by atoms with van der Waals surface area (Å²) < 4.78 is 32.9. The molecule has 0 aromatic heterocycles. The fourth-order valence-corrected chi connectivity index (χ4v) is 3.13. The Hall–Kier alpha value is -2.96. The maximum Gasteiger partial charge on any atom is 0.197 e. The van der Waals surface area contributed by atoms with Crippen molar-refractivity contribution < 1.29 is 23.4 Å². The highest BCUT2D eigenvalue weighted by molar-refractivity contribution is 6.35. The summed E-state index contributed by atoms with van der Waals surface area (Å²) in [5, 5.41) is 12.1. The summed E-state index contributed by atoms with van der Waals surface area (Å²) in [7, 11) is 0. The van der Waals surface area contributed by atoms with E-state index in [-0.39, 0.29) is 35.2 Å². The van der Waals surface area contributed by atoms with Crippen LogP contribution in [0, 0.1) is 18.6 Å². The topological polar surface area (TPSA) is 58.6 Å². The molecule has 0 aliphatic heterocycles. The number of hydrogen-bond acceptors (Lipinski definition) is 4. The number of aliphatic hydroxyl groups excluding tert-OH is 1. The van der Waals surface area contributed by atoms with Crippen LogP contribution in [0.5, 0.6) is 5.75 Å². The number of ketones is 1. The van der Waals surface area contributed by atoms with Crippen LogP contribution >= 0.6 is 11.6 Å². The summed E-state index contributed by atoms with van der Waals surface area (Å²) in [6.07, 6.45) is 0.425. The smallest absolute Gasteiger partial charge is 0.197 e. The number of halogens is 3. The molecule has 3 aromatic carbocycles. The van der Waals surface area contributed by atoms with E-state index < -0.39 is 11.6 Å². The average Bonchev–Trinajstić information content (AvgIpc) is 2.71. The molecular weight excluding hydrogens is 412 g/mol. The highest BCUT2D eigenvalue weighted by Crippen LogP contribution is 2.28. The number of anilines is 2. The number of aliphatic hydroxyl groups is 1. The van der Waals surface area contributed by atoms with Crippen molar-refractivity contribution in [3.8, 4) is 5.75 Å². The average molecular weight is 432 g/mol. The molecule has 0 bridgehead atoms. The molecule has 2 N–H and O–H groups in total. The molecule has 3 rings (SSSR count). The van der Waals surface area contributed by atoms with Crippen LogP contribution in [0.25, 0.3) is 0 Å². The van der Waals surface area contributed by atoms with E-state index in [0.29, 0.717) is 29.1 Å². The maximum atomic E-state index is 14.3. The number of carbonyl (C=O) groups excluding carboxylic acids is 1. The van der Waals surface area contributed by atoms with Crippen molar-refractivity contribution >= 4 is 28.8 Å². The number of aryl methyl sites for hydroxylation is 1. The van der Waals surface area contributed by atoms with Crippen LogP contribution in [0.3, 0.4) is 0 Å². The first-order valence-corrected chi connectivity index (χ1v) is 9.67.